The lowest BCUT2D eigenvalue weighted by Crippen LogP contribution is -2.31. The molecule has 29 heavy (non-hydrogen) atoms. The Labute approximate surface area is 170 Å². The molecule has 0 aromatic heterocycles. The third-order valence-electron chi connectivity index (χ3n) is 5.25. The number of hydrogen-bond donors (Lipinski definition) is 0. The highest BCUT2D eigenvalue weighted by molar-refractivity contribution is 5.95. The summed E-state index contributed by atoms with van der Waals surface area (Å²) in [4.78, 5) is 7.96. The standard InChI is InChI=1S/C24H22N4O/c1-24(16-20-14-8-9-15-21(20)17-26-28-25)22(18-10-4-2-5-11-18)29-23(27-24)19-12-6-3-7-13-19/h2-15,22H,16-17H2,1H3/t22-,24-/m0/s1. The van der Waals surface area contributed by atoms with Crippen LogP contribution in [0.15, 0.2) is 95.0 Å². The van der Waals surface area contributed by atoms with Crippen LogP contribution in [-0.4, -0.2) is 11.4 Å². The van der Waals surface area contributed by atoms with Gasteiger partial charge in [-0.3, -0.25) is 0 Å². The van der Waals surface area contributed by atoms with Crippen LogP contribution in [0.4, 0.5) is 0 Å². The fraction of sp³-hybridized carbons (Fsp3) is 0.208. The van der Waals surface area contributed by atoms with Gasteiger partial charge >= 0.3 is 0 Å². The van der Waals surface area contributed by atoms with Crippen LogP contribution in [-0.2, 0) is 17.7 Å². The van der Waals surface area contributed by atoms with E-state index in [0.717, 1.165) is 22.3 Å². The zero-order valence-electron chi connectivity index (χ0n) is 16.3. The van der Waals surface area contributed by atoms with Gasteiger partial charge in [0.15, 0.2) is 6.10 Å². The summed E-state index contributed by atoms with van der Waals surface area (Å²) >= 11 is 0. The maximum Gasteiger partial charge on any atom is 0.217 e. The van der Waals surface area contributed by atoms with Crippen molar-refractivity contribution in [3.63, 3.8) is 0 Å². The number of benzene rings is 3. The number of rotatable bonds is 6. The Kier molecular flexibility index (Phi) is 5.32. The molecule has 2 atom stereocenters. The highest BCUT2D eigenvalue weighted by atomic mass is 16.5. The molecular weight excluding hydrogens is 360 g/mol. The van der Waals surface area contributed by atoms with Crippen LogP contribution in [0.1, 0.15) is 35.3 Å². The Bertz CT molecular complexity index is 1060. The van der Waals surface area contributed by atoms with Gasteiger partial charge in [0.1, 0.15) is 5.54 Å². The van der Waals surface area contributed by atoms with Gasteiger partial charge in [0.25, 0.3) is 0 Å². The first-order valence-electron chi connectivity index (χ1n) is 9.64. The second kappa shape index (κ2) is 8.21. The van der Waals surface area contributed by atoms with Crippen LogP contribution >= 0.6 is 0 Å². The van der Waals surface area contributed by atoms with Crippen LogP contribution in [0.2, 0.25) is 0 Å². The largest absolute Gasteiger partial charge is 0.467 e. The van der Waals surface area contributed by atoms with Crippen molar-refractivity contribution < 1.29 is 4.74 Å². The van der Waals surface area contributed by atoms with E-state index in [1.165, 1.54) is 0 Å². The highest BCUT2D eigenvalue weighted by Gasteiger charge is 2.43. The van der Waals surface area contributed by atoms with E-state index in [2.05, 4.69) is 35.1 Å². The summed E-state index contributed by atoms with van der Waals surface area (Å²) in [7, 11) is 0. The van der Waals surface area contributed by atoms with Gasteiger partial charge < -0.3 is 4.74 Å². The molecule has 5 heteroatoms. The molecule has 0 aliphatic carbocycles. The van der Waals surface area contributed by atoms with E-state index in [-0.39, 0.29) is 6.10 Å². The van der Waals surface area contributed by atoms with Crippen LogP contribution in [0.3, 0.4) is 0 Å². The average molecular weight is 382 g/mol. The summed E-state index contributed by atoms with van der Waals surface area (Å²) in [5.41, 5.74) is 12.4. The summed E-state index contributed by atoms with van der Waals surface area (Å²) in [6, 6.07) is 28.3. The monoisotopic (exact) mass is 382 g/mol. The fourth-order valence-corrected chi connectivity index (χ4v) is 3.83. The smallest absolute Gasteiger partial charge is 0.217 e. The third kappa shape index (κ3) is 4.00. The van der Waals surface area contributed by atoms with Crippen molar-refractivity contribution in [3.8, 4) is 0 Å². The van der Waals surface area contributed by atoms with Gasteiger partial charge in [0, 0.05) is 16.9 Å². The van der Waals surface area contributed by atoms with E-state index in [1.807, 2.05) is 66.7 Å². The average Bonchev–Trinajstić information content (AvgIpc) is 3.11. The van der Waals surface area contributed by atoms with E-state index in [4.69, 9.17) is 15.3 Å². The van der Waals surface area contributed by atoms with E-state index >= 15 is 0 Å². The molecule has 0 fully saturated rings. The number of ether oxygens (including phenoxy) is 1. The van der Waals surface area contributed by atoms with Gasteiger partial charge in [-0.15, -0.1) is 0 Å². The summed E-state index contributed by atoms with van der Waals surface area (Å²) in [6.45, 7) is 2.46. The molecule has 0 saturated heterocycles. The van der Waals surface area contributed by atoms with Crippen LogP contribution in [0.25, 0.3) is 10.4 Å². The Morgan fingerprint density at radius 2 is 1.55 bits per heavy atom. The van der Waals surface area contributed by atoms with Crippen molar-refractivity contribution in [1.82, 2.24) is 0 Å². The van der Waals surface area contributed by atoms with Gasteiger partial charge in [-0.2, -0.15) is 0 Å². The quantitative estimate of drug-likeness (QED) is 0.292. The van der Waals surface area contributed by atoms with Crippen LogP contribution in [0.5, 0.6) is 0 Å². The van der Waals surface area contributed by atoms with Gasteiger partial charge in [-0.05, 0) is 41.3 Å². The summed E-state index contributed by atoms with van der Waals surface area (Å²) in [5.74, 6) is 0.662. The second-order valence-corrected chi connectivity index (χ2v) is 7.38. The molecule has 5 nitrogen and oxygen atoms in total. The molecule has 4 rings (SSSR count). The Morgan fingerprint density at radius 3 is 2.24 bits per heavy atom. The highest BCUT2D eigenvalue weighted by Crippen LogP contribution is 2.42. The zero-order chi connectivity index (χ0) is 20.1. The van der Waals surface area contributed by atoms with Crippen LogP contribution in [0, 0.1) is 0 Å². The first kappa shape index (κ1) is 18.8. The first-order valence-corrected chi connectivity index (χ1v) is 9.64. The lowest BCUT2D eigenvalue weighted by atomic mass is 9.83. The van der Waals surface area contributed by atoms with E-state index in [0.29, 0.717) is 18.9 Å². The molecule has 0 spiro atoms. The minimum Gasteiger partial charge on any atom is -0.467 e. The Morgan fingerprint density at radius 1 is 0.931 bits per heavy atom. The molecule has 1 aliphatic heterocycles. The van der Waals surface area contributed by atoms with E-state index in [9.17, 15) is 0 Å². The third-order valence-corrected chi connectivity index (χ3v) is 5.25. The number of nitrogens with zero attached hydrogens (tertiary/aromatic N) is 4. The zero-order valence-corrected chi connectivity index (χ0v) is 16.3. The molecule has 0 amide bonds. The van der Waals surface area contributed by atoms with Gasteiger partial charge in [-0.25, -0.2) is 4.99 Å². The van der Waals surface area contributed by atoms with Crippen molar-refractivity contribution in [3.05, 3.63) is 118 Å². The predicted molar refractivity (Wildman–Crippen MR) is 115 cm³/mol. The molecular formula is C24H22N4O. The molecule has 1 heterocycles. The minimum atomic E-state index is -0.487. The topological polar surface area (TPSA) is 70.4 Å². The lowest BCUT2D eigenvalue weighted by Gasteiger charge is -2.28. The lowest BCUT2D eigenvalue weighted by molar-refractivity contribution is 0.147. The van der Waals surface area contributed by atoms with E-state index in [1.54, 1.807) is 0 Å². The SMILES string of the molecule is C[C@@]1(Cc2ccccc2CN=[N+]=[N-])N=C(c2ccccc2)O[C@H]1c1ccccc1. The van der Waals surface area contributed by atoms with Gasteiger partial charge in [0.2, 0.25) is 5.90 Å². The maximum absolute atomic E-state index is 8.72. The Hall–Kier alpha value is -3.56. The van der Waals surface area contributed by atoms with Crippen molar-refractivity contribution in [1.29, 1.82) is 0 Å². The molecule has 0 saturated carbocycles. The predicted octanol–water partition coefficient (Wildman–Crippen LogP) is 6.02. The van der Waals surface area contributed by atoms with Crippen molar-refractivity contribution in [2.75, 3.05) is 0 Å². The number of hydrogen-bond acceptors (Lipinski definition) is 3. The number of aliphatic imine (C=N–C) groups is 1. The first-order chi connectivity index (χ1) is 14.2. The maximum atomic E-state index is 8.72. The minimum absolute atomic E-state index is 0.202. The van der Waals surface area contributed by atoms with Crippen molar-refractivity contribution in [2.24, 2.45) is 10.1 Å². The Balaban J connectivity index is 1.74. The van der Waals surface area contributed by atoms with Gasteiger partial charge in [0.05, 0.1) is 6.54 Å². The fourth-order valence-electron chi connectivity index (χ4n) is 3.83. The normalized spacial score (nSPS) is 20.4. The molecule has 144 valence electrons. The summed E-state index contributed by atoms with van der Waals surface area (Å²) < 4.78 is 6.41. The molecule has 1 aliphatic rings. The van der Waals surface area contributed by atoms with Crippen molar-refractivity contribution >= 4 is 5.90 Å². The van der Waals surface area contributed by atoms with Gasteiger partial charge in [-0.1, -0.05) is 77.9 Å². The molecule has 0 unspecified atom stereocenters. The molecule has 0 N–H and O–H groups in total. The summed E-state index contributed by atoms with van der Waals surface area (Å²) in [5, 5.41) is 3.75. The molecule has 0 bridgehead atoms. The summed E-state index contributed by atoms with van der Waals surface area (Å²) in [6.07, 6.45) is 0.478. The van der Waals surface area contributed by atoms with E-state index < -0.39 is 5.54 Å². The number of azide groups is 1. The second-order valence-electron chi connectivity index (χ2n) is 7.38. The molecule has 3 aromatic carbocycles. The molecule has 0 radical (unpaired) electrons. The molecule has 3 aromatic rings. The van der Waals surface area contributed by atoms with Crippen molar-refractivity contribution in [2.45, 2.75) is 31.5 Å². The van der Waals surface area contributed by atoms with Crippen LogP contribution < -0.4 is 0 Å².